The first-order valence-corrected chi connectivity index (χ1v) is 6.26. The van der Waals surface area contributed by atoms with Crippen LogP contribution in [0.4, 0.5) is 0 Å². The number of halogens is 1. The maximum Gasteiger partial charge on any atom is 0.182 e. The third-order valence-corrected chi connectivity index (χ3v) is 2.50. The summed E-state index contributed by atoms with van der Waals surface area (Å²) < 4.78 is 0. The standard InChI is InChI=1S/C11H24ClNO/c1-2-3-4-5-6-7-8-9-10-13-11(12)14/h11,13-14H,2-10H2,1H3. The van der Waals surface area contributed by atoms with Gasteiger partial charge in [0.05, 0.1) is 0 Å². The lowest BCUT2D eigenvalue weighted by Crippen LogP contribution is -2.23. The average Bonchev–Trinajstić information content (AvgIpc) is 2.15. The number of hydrogen-bond donors (Lipinski definition) is 2. The third kappa shape index (κ3) is 12.2. The molecule has 14 heavy (non-hydrogen) atoms. The van der Waals surface area contributed by atoms with Crippen molar-refractivity contribution in [3.63, 3.8) is 0 Å². The Balaban J connectivity index is 2.85. The van der Waals surface area contributed by atoms with Gasteiger partial charge in [0.2, 0.25) is 0 Å². The lowest BCUT2D eigenvalue weighted by molar-refractivity contribution is 0.217. The van der Waals surface area contributed by atoms with E-state index >= 15 is 0 Å². The molecule has 3 heteroatoms. The summed E-state index contributed by atoms with van der Waals surface area (Å²) in [6.07, 6.45) is 10.5. The second kappa shape index (κ2) is 11.3. The van der Waals surface area contributed by atoms with Crippen LogP contribution in [0.5, 0.6) is 0 Å². The van der Waals surface area contributed by atoms with Crippen molar-refractivity contribution in [3.05, 3.63) is 0 Å². The SMILES string of the molecule is CCCCCCCCCCNC(O)Cl. The van der Waals surface area contributed by atoms with Crippen molar-refractivity contribution < 1.29 is 5.11 Å². The van der Waals surface area contributed by atoms with Crippen molar-refractivity contribution in [2.24, 2.45) is 0 Å². The molecule has 2 nitrogen and oxygen atoms in total. The largest absolute Gasteiger partial charge is 0.365 e. The number of aliphatic hydroxyl groups is 1. The highest BCUT2D eigenvalue weighted by Gasteiger charge is 1.95. The Hall–Kier alpha value is 0.210. The first-order valence-electron chi connectivity index (χ1n) is 5.83. The van der Waals surface area contributed by atoms with Crippen molar-refractivity contribution >= 4 is 11.6 Å². The molecule has 0 saturated heterocycles. The normalized spacial score (nSPS) is 13.1. The summed E-state index contributed by atoms with van der Waals surface area (Å²) in [5, 5.41) is 11.5. The molecule has 0 aromatic heterocycles. The van der Waals surface area contributed by atoms with Gasteiger partial charge in [0, 0.05) is 0 Å². The Morgan fingerprint density at radius 1 is 1.00 bits per heavy atom. The summed E-state index contributed by atoms with van der Waals surface area (Å²) in [7, 11) is 0. The van der Waals surface area contributed by atoms with Crippen LogP contribution in [0.25, 0.3) is 0 Å². The molecule has 0 aliphatic heterocycles. The molecule has 0 aromatic rings. The van der Waals surface area contributed by atoms with E-state index in [0.29, 0.717) is 0 Å². The molecule has 1 unspecified atom stereocenters. The minimum absolute atomic E-state index is 0.819. The Kier molecular flexibility index (Phi) is 11.5. The molecule has 0 heterocycles. The summed E-state index contributed by atoms with van der Waals surface area (Å²) in [5.74, 6) is 0. The Morgan fingerprint density at radius 3 is 2.00 bits per heavy atom. The van der Waals surface area contributed by atoms with E-state index in [1.807, 2.05) is 0 Å². The van der Waals surface area contributed by atoms with E-state index in [4.69, 9.17) is 16.7 Å². The number of unbranched alkanes of at least 4 members (excludes halogenated alkanes) is 7. The molecule has 0 rings (SSSR count). The van der Waals surface area contributed by atoms with Gasteiger partial charge >= 0.3 is 0 Å². The van der Waals surface area contributed by atoms with E-state index < -0.39 is 5.69 Å². The van der Waals surface area contributed by atoms with E-state index in [2.05, 4.69) is 12.2 Å². The summed E-state index contributed by atoms with van der Waals surface area (Å²) in [6, 6.07) is 0. The smallest absolute Gasteiger partial charge is 0.182 e. The fourth-order valence-corrected chi connectivity index (χ4v) is 1.59. The highest BCUT2D eigenvalue weighted by atomic mass is 35.5. The van der Waals surface area contributed by atoms with Crippen molar-refractivity contribution in [2.75, 3.05) is 6.54 Å². The lowest BCUT2D eigenvalue weighted by Gasteiger charge is -2.05. The quantitative estimate of drug-likeness (QED) is 0.257. The molecule has 0 amide bonds. The number of rotatable bonds is 10. The third-order valence-electron chi connectivity index (χ3n) is 2.34. The molecule has 0 saturated carbocycles. The van der Waals surface area contributed by atoms with Crippen LogP contribution in [0.3, 0.4) is 0 Å². The van der Waals surface area contributed by atoms with Gasteiger partial charge in [-0.15, -0.1) is 0 Å². The number of aliphatic hydroxyl groups excluding tert-OH is 1. The van der Waals surface area contributed by atoms with Crippen LogP contribution in [0.2, 0.25) is 0 Å². The molecular formula is C11H24ClNO. The molecule has 1 atom stereocenters. The van der Waals surface area contributed by atoms with Crippen molar-refractivity contribution in [2.45, 2.75) is 64.0 Å². The second-order valence-corrected chi connectivity index (χ2v) is 4.18. The van der Waals surface area contributed by atoms with E-state index in [-0.39, 0.29) is 0 Å². The van der Waals surface area contributed by atoms with E-state index in [1.54, 1.807) is 0 Å². The summed E-state index contributed by atoms with van der Waals surface area (Å²) in [5.41, 5.74) is -0.875. The molecule has 0 fully saturated rings. The van der Waals surface area contributed by atoms with Gasteiger partial charge in [-0.05, 0) is 13.0 Å². The van der Waals surface area contributed by atoms with Gasteiger partial charge in [-0.25, -0.2) is 0 Å². The van der Waals surface area contributed by atoms with Gasteiger partial charge in [-0.1, -0.05) is 63.5 Å². The van der Waals surface area contributed by atoms with Crippen LogP contribution < -0.4 is 5.32 Å². The molecule has 0 aliphatic rings. The highest BCUT2D eigenvalue weighted by molar-refractivity contribution is 6.19. The Bertz CT molecular complexity index is 109. The first-order chi connectivity index (χ1) is 6.77. The maximum atomic E-state index is 8.71. The zero-order valence-electron chi connectivity index (χ0n) is 9.27. The van der Waals surface area contributed by atoms with Crippen LogP contribution in [0, 0.1) is 0 Å². The number of alkyl halides is 1. The van der Waals surface area contributed by atoms with E-state index in [9.17, 15) is 0 Å². The zero-order chi connectivity index (χ0) is 10.6. The minimum Gasteiger partial charge on any atom is -0.365 e. The van der Waals surface area contributed by atoms with E-state index in [0.717, 1.165) is 13.0 Å². The summed E-state index contributed by atoms with van der Waals surface area (Å²) >= 11 is 5.32. The second-order valence-electron chi connectivity index (χ2n) is 3.76. The van der Waals surface area contributed by atoms with Crippen molar-refractivity contribution in [1.29, 1.82) is 0 Å². The molecule has 86 valence electrons. The Labute approximate surface area is 93.0 Å². The van der Waals surface area contributed by atoms with Crippen LogP contribution in [-0.4, -0.2) is 17.3 Å². The monoisotopic (exact) mass is 221 g/mol. The van der Waals surface area contributed by atoms with Gasteiger partial charge in [0.25, 0.3) is 0 Å². The molecular weight excluding hydrogens is 198 g/mol. The van der Waals surface area contributed by atoms with Gasteiger partial charge in [-0.3, -0.25) is 5.32 Å². The van der Waals surface area contributed by atoms with Gasteiger partial charge < -0.3 is 5.11 Å². The van der Waals surface area contributed by atoms with E-state index in [1.165, 1.54) is 44.9 Å². The number of nitrogens with one attached hydrogen (secondary N) is 1. The maximum absolute atomic E-state index is 8.71. The fourth-order valence-electron chi connectivity index (χ4n) is 1.48. The highest BCUT2D eigenvalue weighted by Crippen LogP contribution is 2.07. The van der Waals surface area contributed by atoms with Crippen LogP contribution in [0.15, 0.2) is 0 Å². The van der Waals surface area contributed by atoms with Crippen LogP contribution in [0.1, 0.15) is 58.3 Å². The van der Waals surface area contributed by atoms with Gasteiger partial charge in [0.15, 0.2) is 5.69 Å². The molecule has 0 aromatic carbocycles. The minimum atomic E-state index is -0.875. The molecule has 0 bridgehead atoms. The van der Waals surface area contributed by atoms with Gasteiger partial charge in [-0.2, -0.15) is 0 Å². The predicted octanol–water partition coefficient (Wildman–Crippen LogP) is 3.23. The van der Waals surface area contributed by atoms with Gasteiger partial charge in [0.1, 0.15) is 0 Å². The van der Waals surface area contributed by atoms with Crippen molar-refractivity contribution in [3.8, 4) is 0 Å². The molecule has 0 aliphatic carbocycles. The van der Waals surface area contributed by atoms with Crippen LogP contribution >= 0.6 is 11.6 Å². The van der Waals surface area contributed by atoms with Crippen LogP contribution in [-0.2, 0) is 0 Å². The topological polar surface area (TPSA) is 32.3 Å². The summed E-state index contributed by atoms with van der Waals surface area (Å²) in [6.45, 7) is 3.06. The molecule has 0 radical (unpaired) electrons. The molecule has 2 N–H and O–H groups in total. The van der Waals surface area contributed by atoms with Crippen molar-refractivity contribution in [1.82, 2.24) is 5.32 Å². The zero-order valence-corrected chi connectivity index (χ0v) is 10.0. The summed E-state index contributed by atoms with van der Waals surface area (Å²) in [4.78, 5) is 0. The molecule has 0 spiro atoms. The average molecular weight is 222 g/mol. The number of hydrogen-bond acceptors (Lipinski definition) is 2. The fraction of sp³-hybridized carbons (Fsp3) is 1.00. The Morgan fingerprint density at radius 2 is 1.50 bits per heavy atom. The predicted molar refractivity (Wildman–Crippen MR) is 62.5 cm³/mol. The lowest BCUT2D eigenvalue weighted by atomic mass is 10.1. The first kappa shape index (κ1) is 14.2.